The molecule has 0 aromatic rings. The Balaban J connectivity index is 2.53. The molecular weight excluding hydrogens is 152 g/mol. The maximum atomic E-state index is 9.15. The zero-order chi connectivity index (χ0) is 8.43. The van der Waals surface area contributed by atoms with Crippen molar-refractivity contribution in [2.45, 2.75) is 24.6 Å². The molecule has 0 radical (unpaired) electrons. The minimum Gasteiger partial charge on any atom is -0.394 e. The molecule has 0 spiro atoms. The van der Waals surface area contributed by atoms with E-state index < -0.39 is 24.6 Å². The second-order valence-corrected chi connectivity index (χ2v) is 2.44. The summed E-state index contributed by atoms with van der Waals surface area (Å²) in [5.41, 5.74) is 0. The molecule has 66 valence electrons. The molecule has 0 amide bonds. The first-order valence-electron chi connectivity index (χ1n) is 3.36. The van der Waals surface area contributed by atoms with E-state index in [1.165, 1.54) is 7.11 Å². The zero-order valence-electron chi connectivity index (χ0n) is 6.17. The summed E-state index contributed by atoms with van der Waals surface area (Å²) in [4.78, 5) is 0. The van der Waals surface area contributed by atoms with Crippen LogP contribution in [0.3, 0.4) is 0 Å². The minimum atomic E-state index is -1.07. The Morgan fingerprint density at radius 1 is 1.36 bits per heavy atom. The Morgan fingerprint density at radius 2 is 2.00 bits per heavy atom. The van der Waals surface area contributed by atoms with Gasteiger partial charge in [-0.1, -0.05) is 0 Å². The summed E-state index contributed by atoms with van der Waals surface area (Å²) in [7, 11) is 1.36. The quantitative estimate of drug-likeness (QED) is 0.443. The highest BCUT2D eigenvalue weighted by molar-refractivity contribution is 4.85. The van der Waals surface area contributed by atoms with E-state index in [4.69, 9.17) is 20.1 Å². The molecule has 3 N–H and O–H groups in total. The number of hydrogen-bond acceptors (Lipinski definition) is 5. The van der Waals surface area contributed by atoms with Crippen LogP contribution in [-0.2, 0) is 9.47 Å². The average molecular weight is 164 g/mol. The second-order valence-electron chi connectivity index (χ2n) is 2.44. The van der Waals surface area contributed by atoms with E-state index in [-0.39, 0.29) is 6.61 Å². The van der Waals surface area contributed by atoms with Crippen molar-refractivity contribution in [2.75, 3.05) is 13.7 Å². The first kappa shape index (κ1) is 8.89. The molecule has 1 saturated heterocycles. The number of rotatable bonds is 2. The van der Waals surface area contributed by atoms with Crippen molar-refractivity contribution in [3.63, 3.8) is 0 Å². The van der Waals surface area contributed by atoms with E-state index >= 15 is 0 Å². The molecule has 1 fully saturated rings. The van der Waals surface area contributed by atoms with Gasteiger partial charge in [0.05, 0.1) is 6.61 Å². The highest BCUT2D eigenvalue weighted by Gasteiger charge is 2.42. The van der Waals surface area contributed by atoms with E-state index in [0.717, 1.165) is 0 Å². The van der Waals surface area contributed by atoms with Gasteiger partial charge in [-0.25, -0.2) is 0 Å². The molecule has 1 aliphatic heterocycles. The average Bonchev–Trinajstić information content (AvgIpc) is 2.30. The van der Waals surface area contributed by atoms with Gasteiger partial charge >= 0.3 is 0 Å². The van der Waals surface area contributed by atoms with Gasteiger partial charge in [-0.2, -0.15) is 0 Å². The van der Waals surface area contributed by atoms with E-state index in [1.807, 2.05) is 0 Å². The van der Waals surface area contributed by atoms with Crippen LogP contribution in [-0.4, -0.2) is 53.6 Å². The van der Waals surface area contributed by atoms with Crippen molar-refractivity contribution >= 4 is 0 Å². The largest absolute Gasteiger partial charge is 0.394 e. The van der Waals surface area contributed by atoms with Crippen molar-refractivity contribution in [3.8, 4) is 0 Å². The van der Waals surface area contributed by atoms with Gasteiger partial charge in [0.25, 0.3) is 0 Å². The van der Waals surface area contributed by atoms with Crippen molar-refractivity contribution < 1.29 is 24.8 Å². The molecule has 5 heteroatoms. The highest BCUT2D eigenvalue weighted by Crippen LogP contribution is 2.20. The summed E-state index contributed by atoms with van der Waals surface area (Å²) in [6.45, 7) is -0.321. The van der Waals surface area contributed by atoms with Crippen LogP contribution in [0.4, 0.5) is 0 Å². The van der Waals surface area contributed by atoms with Crippen molar-refractivity contribution in [1.82, 2.24) is 0 Å². The van der Waals surface area contributed by atoms with Crippen molar-refractivity contribution in [1.29, 1.82) is 0 Å². The minimum absolute atomic E-state index is 0.321. The zero-order valence-corrected chi connectivity index (χ0v) is 6.17. The van der Waals surface area contributed by atoms with Crippen LogP contribution in [0, 0.1) is 0 Å². The van der Waals surface area contributed by atoms with Gasteiger partial charge in [0, 0.05) is 7.11 Å². The summed E-state index contributed by atoms with van der Waals surface area (Å²) < 4.78 is 9.59. The van der Waals surface area contributed by atoms with Crippen molar-refractivity contribution in [2.24, 2.45) is 0 Å². The SMILES string of the molecule is CO[C@@H]1O[C@@H](CO)[C@H](O)[C@@H]1O. The fourth-order valence-corrected chi connectivity index (χ4v) is 1.06. The molecule has 0 aliphatic carbocycles. The molecule has 4 atom stereocenters. The monoisotopic (exact) mass is 164 g/mol. The van der Waals surface area contributed by atoms with E-state index in [0.29, 0.717) is 0 Å². The Hall–Kier alpha value is -0.200. The first-order valence-corrected chi connectivity index (χ1v) is 3.36. The van der Waals surface area contributed by atoms with E-state index in [1.54, 1.807) is 0 Å². The number of aliphatic hydroxyl groups is 3. The first-order chi connectivity index (χ1) is 5.20. The molecule has 1 rings (SSSR count). The summed E-state index contributed by atoms with van der Waals surface area (Å²) >= 11 is 0. The lowest BCUT2D eigenvalue weighted by Gasteiger charge is -2.11. The summed E-state index contributed by atoms with van der Waals surface area (Å²) in [6, 6.07) is 0. The number of ether oxygens (including phenoxy) is 2. The normalized spacial score (nSPS) is 44.7. The van der Waals surface area contributed by atoms with Crippen LogP contribution in [0.5, 0.6) is 0 Å². The van der Waals surface area contributed by atoms with E-state index in [9.17, 15) is 0 Å². The summed E-state index contributed by atoms with van der Waals surface area (Å²) in [5.74, 6) is 0. The molecule has 1 aliphatic rings. The van der Waals surface area contributed by atoms with Gasteiger partial charge in [-0.3, -0.25) is 0 Å². The second kappa shape index (κ2) is 3.46. The molecule has 0 unspecified atom stereocenters. The smallest absolute Gasteiger partial charge is 0.186 e. The Bertz CT molecular complexity index is 110. The van der Waals surface area contributed by atoms with Gasteiger partial charge in [-0.15, -0.1) is 0 Å². The molecule has 5 nitrogen and oxygen atoms in total. The molecule has 0 aromatic carbocycles. The van der Waals surface area contributed by atoms with Gasteiger partial charge in [0.1, 0.15) is 18.3 Å². The number of methoxy groups -OCH3 is 1. The maximum Gasteiger partial charge on any atom is 0.186 e. The van der Waals surface area contributed by atoms with Crippen LogP contribution in [0.25, 0.3) is 0 Å². The number of aliphatic hydroxyl groups excluding tert-OH is 3. The highest BCUT2D eigenvalue weighted by atomic mass is 16.7. The number of hydrogen-bond donors (Lipinski definition) is 3. The maximum absolute atomic E-state index is 9.15. The van der Waals surface area contributed by atoms with Gasteiger partial charge in [0.15, 0.2) is 6.29 Å². The third-order valence-corrected chi connectivity index (χ3v) is 1.73. The molecule has 1 heterocycles. The molecule has 11 heavy (non-hydrogen) atoms. The van der Waals surface area contributed by atoms with Gasteiger partial charge in [0.2, 0.25) is 0 Å². The fourth-order valence-electron chi connectivity index (χ4n) is 1.06. The Morgan fingerprint density at radius 3 is 2.27 bits per heavy atom. The third kappa shape index (κ3) is 1.52. The third-order valence-electron chi connectivity index (χ3n) is 1.73. The van der Waals surface area contributed by atoms with Crippen LogP contribution in [0.2, 0.25) is 0 Å². The molecule has 0 saturated carbocycles. The Kier molecular flexibility index (Phi) is 2.80. The lowest BCUT2D eigenvalue weighted by molar-refractivity contribution is -0.153. The standard InChI is InChI=1S/C6H12O5/c1-10-6-5(9)4(8)3(2-7)11-6/h3-9H,2H2,1H3/t3-,4-,5-,6+/m0/s1. The topological polar surface area (TPSA) is 79.2 Å². The van der Waals surface area contributed by atoms with Gasteiger partial charge < -0.3 is 24.8 Å². The Labute approximate surface area is 64.2 Å². The lowest BCUT2D eigenvalue weighted by atomic mass is 10.1. The predicted octanol–water partition coefficient (Wildman–Crippen LogP) is -1.93. The fraction of sp³-hybridized carbons (Fsp3) is 1.00. The predicted molar refractivity (Wildman–Crippen MR) is 34.8 cm³/mol. The van der Waals surface area contributed by atoms with Crippen LogP contribution in [0.15, 0.2) is 0 Å². The summed E-state index contributed by atoms with van der Waals surface area (Å²) in [5, 5.41) is 26.9. The van der Waals surface area contributed by atoms with Crippen LogP contribution in [0.1, 0.15) is 0 Å². The molecular formula is C6H12O5. The van der Waals surface area contributed by atoms with E-state index in [2.05, 4.69) is 4.74 Å². The van der Waals surface area contributed by atoms with Crippen LogP contribution >= 0.6 is 0 Å². The van der Waals surface area contributed by atoms with Crippen LogP contribution < -0.4 is 0 Å². The van der Waals surface area contributed by atoms with Crippen molar-refractivity contribution in [3.05, 3.63) is 0 Å². The molecule has 0 aromatic heterocycles. The summed E-state index contributed by atoms with van der Waals surface area (Å²) in [6.07, 6.45) is -3.71. The van der Waals surface area contributed by atoms with Gasteiger partial charge in [-0.05, 0) is 0 Å². The molecule has 0 bridgehead atoms. The lowest BCUT2D eigenvalue weighted by Crippen LogP contribution is -2.34.